The molecule has 1 aromatic rings. The van der Waals surface area contributed by atoms with Crippen molar-refractivity contribution < 1.29 is 14.6 Å². The highest BCUT2D eigenvalue weighted by atomic mass is 16.5. The molecule has 2 rings (SSSR count). The predicted octanol–water partition coefficient (Wildman–Crippen LogP) is 1.53. The third kappa shape index (κ3) is 2.04. The van der Waals surface area contributed by atoms with E-state index in [4.69, 9.17) is 9.84 Å². The van der Waals surface area contributed by atoms with E-state index < -0.39 is 5.97 Å². The Labute approximate surface area is 88.5 Å². The standard InChI is InChI=1S/C11H15NO3/c1-8-2-4-12(10(8)11(13)14)6-9-3-5-15-7-9/h2,4,9H,3,5-7H2,1H3,(H,13,14). The Kier molecular flexibility index (Phi) is 2.77. The summed E-state index contributed by atoms with van der Waals surface area (Å²) in [5, 5.41) is 9.06. The van der Waals surface area contributed by atoms with Gasteiger partial charge in [-0.05, 0) is 25.0 Å². The molecule has 1 N–H and O–H groups in total. The largest absolute Gasteiger partial charge is 0.477 e. The molecule has 0 aliphatic carbocycles. The van der Waals surface area contributed by atoms with Crippen molar-refractivity contribution in [3.05, 3.63) is 23.5 Å². The summed E-state index contributed by atoms with van der Waals surface area (Å²) in [4.78, 5) is 11.0. The topological polar surface area (TPSA) is 51.5 Å². The number of carbonyl (C=O) groups is 1. The van der Waals surface area contributed by atoms with Crippen molar-refractivity contribution in [3.8, 4) is 0 Å². The highest BCUT2D eigenvalue weighted by Crippen LogP contribution is 2.18. The fourth-order valence-corrected chi connectivity index (χ4v) is 2.03. The van der Waals surface area contributed by atoms with Gasteiger partial charge in [0.2, 0.25) is 0 Å². The van der Waals surface area contributed by atoms with Crippen LogP contribution in [-0.4, -0.2) is 28.9 Å². The van der Waals surface area contributed by atoms with Gasteiger partial charge < -0.3 is 14.4 Å². The molecule has 4 heteroatoms. The van der Waals surface area contributed by atoms with E-state index >= 15 is 0 Å². The van der Waals surface area contributed by atoms with Gasteiger partial charge in [-0.25, -0.2) is 4.79 Å². The summed E-state index contributed by atoms with van der Waals surface area (Å²) in [7, 11) is 0. The highest BCUT2D eigenvalue weighted by molar-refractivity contribution is 5.87. The van der Waals surface area contributed by atoms with Crippen molar-refractivity contribution in [3.63, 3.8) is 0 Å². The van der Waals surface area contributed by atoms with Crippen LogP contribution < -0.4 is 0 Å². The normalized spacial score (nSPS) is 20.7. The van der Waals surface area contributed by atoms with Crippen molar-refractivity contribution in [2.75, 3.05) is 13.2 Å². The Morgan fingerprint density at radius 3 is 3.13 bits per heavy atom. The molecule has 82 valence electrons. The number of carboxylic acid groups (broad SMARTS) is 1. The summed E-state index contributed by atoms with van der Waals surface area (Å²) in [5.41, 5.74) is 1.23. The SMILES string of the molecule is Cc1ccn(CC2CCOC2)c1C(=O)O. The molecule has 1 aromatic heterocycles. The highest BCUT2D eigenvalue weighted by Gasteiger charge is 2.19. The number of hydrogen-bond acceptors (Lipinski definition) is 2. The van der Waals surface area contributed by atoms with Crippen molar-refractivity contribution in [1.82, 2.24) is 4.57 Å². The van der Waals surface area contributed by atoms with E-state index in [1.807, 2.05) is 23.8 Å². The van der Waals surface area contributed by atoms with E-state index in [9.17, 15) is 4.79 Å². The second-order valence-electron chi connectivity index (χ2n) is 4.03. The monoisotopic (exact) mass is 209 g/mol. The molecule has 0 spiro atoms. The van der Waals surface area contributed by atoms with Gasteiger partial charge >= 0.3 is 5.97 Å². The number of ether oxygens (including phenoxy) is 1. The number of rotatable bonds is 3. The van der Waals surface area contributed by atoms with Gasteiger partial charge in [0, 0.05) is 25.3 Å². The van der Waals surface area contributed by atoms with Crippen LogP contribution in [0.25, 0.3) is 0 Å². The lowest BCUT2D eigenvalue weighted by atomic mass is 10.1. The number of carboxylic acids is 1. The van der Waals surface area contributed by atoms with Crippen LogP contribution >= 0.6 is 0 Å². The average Bonchev–Trinajstić information content (AvgIpc) is 2.76. The maximum absolute atomic E-state index is 11.0. The van der Waals surface area contributed by atoms with Gasteiger partial charge in [-0.1, -0.05) is 0 Å². The third-order valence-corrected chi connectivity index (χ3v) is 2.85. The fraction of sp³-hybridized carbons (Fsp3) is 0.545. The molecule has 1 aliphatic rings. The molecule has 0 aromatic carbocycles. The number of hydrogen-bond donors (Lipinski definition) is 1. The Morgan fingerprint density at radius 1 is 1.73 bits per heavy atom. The lowest BCUT2D eigenvalue weighted by Crippen LogP contribution is -2.15. The predicted molar refractivity (Wildman–Crippen MR) is 55.1 cm³/mol. The summed E-state index contributed by atoms with van der Waals surface area (Å²) < 4.78 is 7.09. The van der Waals surface area contributed by atoms with E-state index in [2.05, 4.69) is 0 Å². The second-order valence-corrected chi connectivity index (χ2v) is 4.03. The first-order chi connectivity index (χ1) is 7.18. The van der Waals surface area contributed by atoms with Gasteiger partial charge in [-0.2, -0.15) is 0 Å². The van der Waals surface area contributed by atoms with Crippen molar-refractivity contribution in [2.45, 2.75) is 19.9 Å². The zero-order valence-electron chi connectivity index (χ0n) is 8.77. The summed E-state index contributed by atoms with van der Waals surface area (Å²) in [6.45, 7) is 4.12. The van der Waals surface area contributed by atoms with E-state index in [0.717, 1.165) is 31.7 Å². The van der Waals surface area contributed by atoms with Crippen LogP contribution in [0.4, 0.5) is 0 Å². The number of aromatic carboxylic acids is 1. The van der Waals surface area contributed by atoms with Crippen LogP contribution in [0.5, 0.6) is 0 Å². The Morgan fingerprint density at radius 2 is 2.53 bits per heavy atom. The lowest BCUT2D eigenvalue weighted by Gasteiger charge is -2.11. The number of nitrogens with zero attached hydrogens (tertiary/aromatic N) is 1. The van der Waals surface area contributed by atoms with E-state index in [0.29, 0.717) is 11.6 Å². The average molecular weight is 209 g/mol. The van der Waals surface area contributed by atoms with E-state index in [-0.39, 0.29) is 0 Å². The molecule has 0 saturated carbocycles. The molecule has 0 radical (unpaired) electrons. The van der Waals surface area contributed by atoms with Gasteiger partial charge in [0.25, 0.3) is 0 Å². The number of aromatic nitrogens is 1. The Balaban J connectivity index is 2.16. The van der Waals surface area contributed by atoms with Crippen LogP contribution in [-0.2, 0) is 11.3 Å². The first kappa shape index (κ1) is 10.2. The van der Waals surface area contributed by atoms with Crippen molar-refractivity contribution in [1.29, 1.82) is 0 Å². The van der Waals surface area contributed by atoms with Gasteiger partial charge in [-0.15, -0.1) is 0 Å². The van der Waals surface area contributed by atoms with Crippen LogP contribution in [0, 0.1) is 12.8 Å². The molecular weight excluding hydrogens is 194 g/mol. The van der Waals surface area contributed by atoms with Crippen LogP contribution in [0.15, 0.2) is 12.3 Å². The molecule has 0 amide bonds. The maximum Gasteiger partial charge on any atom is 0.352 e. The van der Waals surface area contributed by atoms with E-state index in [1.165, 1.54) is 0 Å². The molecule has 1 saturated heterocycles. The molecule has 1 atom stereocenters. The van der Waals surface area contributed by atoms with Gasteiger partial charge in [-0.3, -0.25) is 0 Å². The minimum atomic E-state index is -0.851. The minimum Gasteiger partial charge on any atom is -0.477 e. The Hall–Kier alpha value is -1.29. The minimum absolute atomic E-state index is 0.405. The molecule has 1 aliphatic heterocycles. The van der Waals surface area contributed by atoms with Gasteiger partial charge in [0.1, 0.15) is 5.69 Å². The summed E-state index contributed by atoms with van der Waals surface area (Å²) >= 11 is 0. The number of aryl methyl sites for hydroxylation is 1. The molecule has 15 heavy (non-hydrogen) atoms. The summed E-state index contributed by atoms with van der Waals surface area (Å²) in [6, 6.07) is 1.85. The second kappa shape index (κ2) is 4.06. The van der Waals surface area contributed by atoms with Crippen LogP contribution in [0.3, 0.4) is 0 Å². The molecule has 2 heterocycles. The first-order valence-electron chi connectivity index (χ1n) is 5.15. The molecule has 1 unspecified atom stereocenters. The quantitative estimate of drug-likeness (QED) is 0.821. The van der Waals surface area contributed by atoms with Crippen molar-refractivity contribution >= 4 is 5.97 Å². The first-order valence-corrected chi connectivity index (χ1v) is 5.15. The maximum atomic E-state index is 11.0. The van der Waals surface area contributed by atoms with Crippen molar-refractivity contribution in [2.24, 2.45) is 5.92 Å². The molecular formula is C11H15NO3. The molecule has 4 nitrogen and oxygen atoms in total. The lowest BCUT2D eigenvalue weighted by molar-refractivity contribution is 0.0682. The zero-order valence-corrected chi connectivity index (χ0v) is 8.77. The molecule has 0 bridgehead atoms. The smallest absolute Gasteiger partial charge is 0.352 e. The third-order valence-electron chi connectivity index (χ3n) is 2.85. The zero-order chi connectivity index (χ0) is 10.8. The van der Waals surface area contributed by atoms with Gasteiger partial charge in [0.05, 0.1) is 6.61 Å². The molecule has 1 fully saturated rings. The Bertz CT molecular complexity index is 364. The summed E-state index contributed by atoms with van der Waals surface area (Å²) in [5.74, 6) is -0.397. The van der Waals surface area contributed by atoms with Crippen LogP contribution in [0.2, 0.25) is 0 Å². The van der Waals surface area contributed by atoms with Gasteiger partial charge in [0.15, 0.2) is 0 Å². The van der Waals surface area contributed by atoms with E-state index in [1.54, 1.807) is 0 Å². The fourth-order valence-electron chi connectivity index (χ4n) is 2.03. The summed E-state index contributed by atoms with van der Waals surface area (Å²) in [6.07, 6.45) is 2.87. The van der Waals surface area contributed by atoms with Crippen LogP contribution in [0.1, 0.15) is 22.5 Å².